The topological polar surface area (TPSA) is 86.7 Å². The molecule has 1 aliphatic carbocycles. The fraction of sp³-hybridized carbons (Fsp3) is 0.286. The van der Waals surface area contributed by atoms with Gasteiger partial charge in [-0.05, 0) is 43.2 Å². The SMILES string of the molecule is CN(C(=O)c1cccc(NC(=O)CC2(C(=O)O)CCC2)c1)c1ccccc1. The predicted molar refractivity (Wildman–Crippen MR) is 103 cm³/mol. The standard InChI is InChI=1S/C21H22N2O4/c1-23(17-9-3-2-4-10-17)19(25)15-7-5-8-16(13-15)22-18(24)14-21(20(26)27)11-6-12-21/h2-5,7-10,13H,6,11-12,14H2,1H3,(H,22,24)(H,26,27). The number of nitrogens with one attached hydrogen (secondary N) is 1. The van der Waals surface area contributed by atoms with Crippen LogP contribution in [0.15, 0.2) is 54.6 Å². The molecule has 0 aromatic heterocycles. The molecule has 1 saturated carbocycles. The molecule has 140 valence electrons. The first-order valence-electron chi connectivity index (χ1n) is 8.88. The van der Waals surface area contributed by atoms with E-state index in [1.165, 1.54) is 4.90 Å². The van der Waals surface area contributed by atoms with E-state index in [1.807, 2.05) is 30.3 Å². The highest BCUT2D eigenvalue weighted by Crippen LogP contribution is 2.44. The van der Waals surface area contributed by atoms with E-state index in [0.29, 0.717) is 24.1 Å². The van der Waals surface area contributed by atoms with Gasteiger partial charge in [0.1, 0.15) is 0 Å². The van der Waals surface area contributed by atoms with Crippen LogP contribution in [0.4, 0.5) is 11.4 Å². The highest BCUT2D eigenvalue weighted by molar-refractivity contribution is 6.06. The third-order valence-electron chi connectivity index (χ3n) is 5.10. The molecule has 1 aliphatic rings. The monoisotopic (exact) mass is 366 g/mol. The van der Waals surface area contributed by atoms with Gasteiger partial charge >= 0.3 is 5.97 Å². The lowest BCUT2D eigenvalue weighted by molar-refractivity contribution is -0.157. The Morgan fingerprint density at radius 3 is 2.37 bits per heavy atom. The van der Waals surface area contributed by atoms with E-state index in [1.54, 1.807) is 31.3 Å². The Hall–Kier alpha value is -3.15. The molecule has 0 spiro atoms. The van der Waals surface area contributed by atoms with Crippen LogP contribution in [-0.4, -0.2) is 29.9 Å². The van der Waals surface area contributed by atoms with Crippen molar-refractivity contribution in [1.29, 1.82) is 0 Å². The molecular weight excluding hydrogens is 344 g/mol. The number of carbonyl (C=O) groups excluding carboxylic acids is 2. The predicted octanol–water partition coefficient (Wildman–Crippen LogP) is 3.55. The van der Waals surface area contributed by atoms with Gasteiger partial charge in [-0.25, -0.2) is 0 Å². The van der Waals surface area contributed by atoms with Gasteiger partial charge < -0.3 is 15.3 Å². The van der Waals surface area contributed by atoms with Crippen LogP contribution in [0.3, 0.4) is 0 Å². The molecular formula is C21H22N2O4. The summed E-state index contributed by atoms with van der Waals surface area (Å²) in [5.41, 5.74) is 0.749. The maximum Gasteiger partial charge on any atom is 0.310 e. The Kier molecular flexibility index (Phi) is 5.26. The number of hydrogen-bond donors (Lipinski definition) is 2. The van der Waals surface area contributed by atoms with Crippen molar-refractivity contribution in [2.75, 3.05) is 17.3 Å². The van der Waals surface area contributed by atoms with Crippen LogP contribution in [0.1, 0.15) is 36.0 Å². The minimum atomic E-state index is -0.939. The number of nitrogens with zero attached hydrogens (tertiary/aromatic N) is 1. The first kappa shape index (κ1) is 18.6. The molecule has 0 atom stereocenters. The van der Waals surface area contributed by atoms with E-state index in [-0.39, 0.29) is 18.2 Å². The van der Waals surface area contributed by atoms with Gasteiger partial charge in [0.25, 0.3) is 5.91 Å². The van der Waals surface area contributed by atoms with E-state index in [0.717, 1.165) is 12.1 Å². The Morgan fingerprint density at radius 1 is 1.07 bits per heavy atom. The molecule has 27 heavy (non-hydrogen) atoms. The number of amides is 2. The van der Waals surface area contributed by atoms with E-state index in [9.17, 15) is 19.5 Å². The molecule has 2 N–H and O–H groups in total. The normalized spacial score (nSPS) is 14.7. The first-order chi connectivity index (χ1) is 12.9. The zero-order chi connectivity index (χ0) is 19.4. The van der Waals surface area contributed by atoms with Crippen LogP contribution in [0.2, 0.25) is 0 Å². The largest absolute Gasteiger partial charge is 0.481 e. The maximum absolute atomic E-state index is 12.7. The summed E-state index contributed by atoms with van der Waals surface area (Å²) in [5.74, 6) is -1.46. The van der Waals surface area contributed by atoms with Gasteiger partial charge in [-0.3, -0.25) is 14.4 Å². The van der Waals surface area contributed by atoms with Crippen molar-refractivity contribution in [2.24, 2.45) is 5.41 Å². The Labute approximate surface area is 157 Å². The minimum Gasteiger partial charge on any atom is -0.481 e. The van der Waals surface area contributed by atoms with Gasteiger partial charge in [-0.2, -0.15) is 0 Å². The summed E-state index contributed by atoms with van der Waals surface area (Å²) in [6.45, 7) is 0. The van der Waals surface area contributed by atoms with Gasteiger partial charge in [-0.1, -0.05) is 30.7 Å². The first-order valence-corrected chi connectivity index (χ1v) is 8.88. The summed E-state index contributed by atoms with van der Waals surface area (Å²) in [6, 6.07) is 15.9. The van der Waals surface area contributed by atoms with Gasteiger partial charge in [0, 0.05) is 30.4 Å². The number of carboxylic acids is 1. The quantitative estimate of drug-likeness (QED) is 0.819. The number of anilines is 2. The number of benzene rings is 2. The van der Waals surface area contributed by atoms with E-state index in [4.69, 9.17) is 0 Å². The van der Waals surface area contributed by atoms with Crippen molar-refractivity contribution in [1.82, 2.24) is 0 Å². The Morgan fingerprint density at radius 2 is 1.78 bits per heavy atom. The molecule has 3 rings (SSSR count). The fourth-order valence-corrected chi connectivity index (χ4v) is 3.27. The lowest BCUT2D eigenvalue weighted by Gasteiger charge is -2.36. The number of carboxylic acid groups (broad SMARTS) is 1. The summed E-state index contributed by atoms with van der Waals surface area (Å²) in [7, 11) is 1.69. The second-order valence-corrected chi connectivity index (χ2v) is 6.94. The lowest BCUT2D eigenvalue weighted by atomic mass is 9.66. The molecule has 0 saturated heterocycles. The van der Waals surface area contributed by atoms with Crippen LogP contribution in [-0.2, 0) is 9.59 Å². The van der Waals surface area contributed by atoms with Crippen LogP contribution < -0.4 is 10.2 Å². The molecule has 6 heteroatoms. The molecule has 0 bridgehead atoms. The minimum absolute atomic E-state index is 0.0512. The van der Waals surface area contributed by atoms with Crippen molar-refractivity contribution in [2.45, 2.75) is 25.7 Å². The van der Waals surface area contributed by atoms with E-state index in [2.05, 4.69) is 5.32 Å². The maximum atomic E-state index is 12.7. The van der Waals surface area contributed by atoms with Crippen molar-refractivity contribution < 1.29 is 19.5 Å². The zero-order valence-electron chi connectivity index (χ0n) is 15.1. The number of carbonyl (C=O) groups is 3. The van der Waals surface area contributed by atoms with Crippen molar-refractivity contribution >= 4 is 29.2 Å². The van der Waals surface area contributed by atoms with Crippen molar-refractivity contribution in [3.63, 3.8) is 0 Å². The second kappa shape index (κ2) is 7.61. The zero-order valence-corrected chi connectivity index (χ0v) is 15.1. The van der Waals surface area contributed by atoms with Gasteiger partial charge in [0.15, 0.2) is 0 Å². The molecule has 0 heterocycles. The highest BCUT2D eigenvalue weighted by atomic mass is 16.4. The molecule has 2 amide bonds. The second-order valence-electron chi connectivity index (χ2n) is 6.94. The highest BCUT2D eigenvalue weighted by Gasteiger charge is 2.45. The van der Waals surface area contributed by atoms with Crippen LogP contribution in [0.5, 0.6) is 0 Å². The summed E-state index contributed by atoms with van der Waals surface area (Å²) in [5, 5.41) is 12.1. The number of aliphatic carboxylic acids is 1. The third-order valence-corrected chi connectivity index (χ3v) is 5.10. The van der Waals surface area contributed by atoms with Crippen LogP contribution in [0.25, 0.3) is 0 Å². The molecule has 2 aromatic rings. The van der Waals surface area contributed by atoms with Crippen LogP contribution in [0, 0.1) is 5.41 Å². The molecule has 0 unspecified atom stereocenters. The number of rotatable bonds is 6. The van der Waals surface area contributed by atoms with E-state index >= 15 is 0 Å². The van der Waals surface area contributed by atoms with Gasteiger partial charge in [-0.15, -0.1) is 0 Å². The molecule has 2 aromatic carbocycles. The molecule has 6 nitrogen and oxygen atoms in total. The lowest BCUT2D eigenvalue weighted by Crippen LogP contribution is -2.41. The third kappa shape index (κ3) is 4.00. The van der Waals surface area contributed by atoms with Gasteiger partial charge in [0.2, 0.25) is 5.91 Å². The summed E-state index contributed by atoms with van der Waals surface area (Å²) >= 11 is 0. The average Bonchev–Trinajstić information content (AvgIpc) is 2.64. The van der Waals surface area contributed by atoms with Crippen LogP contribution >= 0.6 is 0 Å². The van der Waals surface area contributed by atoms with Gasteiger partial charge in [0.05, 0.1) is 5.41 Å². The van der Waals surface area contributed by atoms with E-state index < -0.39 is 11.4 Å². The number of hydrogen-bond acceptors (Lipinski definition) is 3. The fourth-order valence-electron chi connectivity index (χ4n) is 3.27. The summed E-state index contributed by atoms with van der Waals surface area (Å²) in [6.07, 6.45) is 1.83. The summed E-state index contributed by atoms with van der Waals surface area (Å²) < 4.78 is 0. The Balaban J connectivity index is 1.69. The van der Waals surface area contributed by atoms with Crippen molar-refractivity contribution in [3.05, 3.63) is 60.2 Å². The molecule has 1 fully saturated rings. The van der Waals surface area contributed by atoms with Crippen molar-refractivity contribution in [3.8, 4) is 0 Å². The molecule has 0 aliphatic heterocycles. The molecule has 0 radical (unpaired) electrons. The average molecular weight is 366 g/mol. The number of para-hydroxylation sites is 1. The Bertz CT molecular complexity index is 859. The summed E-state index contributed by atoms with van der Waals surface area (Å²) in [4.78, 5) is 37.9. The smallest absolute Gasteiger partial charge is 0.310 e.